The molecular formula is C18H28N2O4S. The molecule has 1 atom stereocenters. The van der Waals surface area contributed by atoms with E-state index >= 15 is 0 Å². The van der Waals surface area contributed by atoms with Crippen LogP contribution in [0.5, 0.6) is 0 Å². The predicted molar refractivity (Wildman–Crippen MR) is 97.8 cm³/mol. The molecule has 0 spiro atoms. The monoisotopic (exact) mass is 368 g/mol. The largest absolute Gasteiger partial charge is 0.444 e. The van der Waals surface area contributed by atoms with Gasteiger partial charge in [-0.25, -0.2) is 13.2 Å². The lowest BCUT2D eigenvalue weighted by atomic mass is 10.1. The number of carbonyl (C=O) groups excluding carboxylic acids is 1. The van der Waals surface area contributed by atoms with Crippen LogP contribution in [0.1, 0.15) is 38.8 Å². The third-order valence-corrected chi connectivity index (χ3v) is 6.11. The van der Waals surface area contributed by atoms with E-state index in [1.165, 1.54) is 4.31 Å². The number of carbonyl (C=O) groups is 1. The summed E-state index contributed by atoms with van der Waals surface area (Å²) in [6.45, 7) is 10.1. The molecule has 1 aromatic carbocycles. The SMILES string of the molecule is Cc1ccccc1CS(=O)(=O)N1CCN(C(=O)OC(C)(C)C)C[C@H]1C. The molecular weight excluding hydrogens is 340 g/mol. The van der Waals surface area contributed by atoms with Crippen LogP contribution in [0.2, 0.25) is 0 Å². The first kappa shape index (κ1) is 19.7. The fourth-order valence-corrected chi connectivity index (χ4v) is 4.76. The maximum atomic E-state index is 12.8. The molecule has 25 heavy (non-hydrogen) atoms. The Morgan fingerprint density at radius 1 is 1.24 bits per heavy atom. The lowest BCUT2D eigenvalue weighted by Gasteiger charge is -2.39. The number of benzene rings is 1. The zero-order valence-corrected chi connectivity index (χ0v) is 16.5. The van der Waals surface area contributed by atoms with Gasteiger partial charge in [-0.2, -0.15) is 4.31 Å². The molecule has 0 N–H and O–H groups in total. The Labute approximate surface area is 150 Å². The molecule has 2 rings (SSSR count). The molecule has 0 radical (unpaired) electrons. The van der Waals surface area contributed by atoms with E-state index in [1.807, 2.05) is 58.9 Å². The maximum Gasteiger partial charge on any atom is 0.410 e. The van der Waals surface area contributed by atoms with Crippen molar-refractivity contribution in [3.63, 3.8) is 0 Å². The van der Waals surface area contributed by atoms with Crippen molar-refractivity contribution in [3.8, 4) is 0 Å². The van der Waals surface area contributed by atoms with E-state index in [0.29, 0.717) is 13.1 Å². The van der Waals surface area contributed by atoms with Crippen LogP contribution in [0.4, 0.5) is 4.79 Å². The summed E-state index contributed by atoms with van der Waals surface area (Å²) in [7, 11) is -3.44. The van der Waals surface area contributed by atoms with E-state index in [4.69, 9.17) is 4.74 Å². The van der Waals surface area contributed by atoms with Gasteiger partial charge in [0, 0.05) is 25.7 Å². The molecule has 140 valence electrons. The Hall–Kier alpha value is -1.60. The van der Waals surface area contributed by atoms with Gasteiger partial charge in [-0.1, -0.05) is 24.3 Å². The molecule has 0 saturated carbocycles. The zero-order chi connectivity index (χ0) is 18.8. The van der Waals surface area contributed by atoms with Gasteiger partial charge in [-0.05, 0) is 45.7 Å². The summed E-state index contributed by atoms with van der Waals surface area (Å²) in [4.78, 5) is 13.8. The average molecular weight is 368 g/mol. The molecule has 1 aliphatic rings. The van der Waals surface area contributed by atoms with Gasteiger partial charge >= 0.3 is 6.09 Å². The number of piperazine rings is 1. The minimum Gasteiger partial charge on any atom is -0.444 e. The van der Waals surface area contributed by atoms with Crippen molar-refractivity contribution in [2.45, 2.75) is 52.0 Å². The van der Waals surface area contributed by atoms with Crippen molar-refractivity contribution in [2.75, 3.05) is 19.6 Å². The summed E-state index contributed by atoms with van der Waals surface area (Å²) >= 11 is 0. The first-order valence-electron chi connectivity index (χ1n) is 8.51. The molecule has 7 heteroatoms. The molecule has 6 nitrogen and oxygen atoms in total. The van der Waals surface area contributed by atoms with Crippen molar-refractivity contribution in [3.05, 3.63) is 35.4 Å². The standard InChI is InChI=1S/C18H28N2O4S/c1-14-8-6-7-9-16(14)13-25(22,23)20-11-10-19(12-15(20)2)17(21)24-18(3,4)5/h6-9,15H,10-13H2,1-5H3/t15-/m1/s1. The second-order valence-electron chi connectivity index (χ2n) is 7.57. The molecule has 1 amide bonds. The number of hydrogen-bond acceptors (Lipinski definition) is 4. The highest BCUT2D eigenvalue weighted by molar-refractivity contribution is 7.88. The van der Waals surface area contributed by atoms with Gasteiger partial charge in [0.25, 0.3) is 0 Å². The Balaban J connectivity index is 2.05. The first-order valence-corrected chi connectivity index (χ1v) is 10.1. The molecule has 0 bridgehead atoms. The van der Waals surface area contributed by atoms with Crippen molar-refractivity contribution in [1.29, 1.82) is 0 Å². The van der Waals surface area contributed by atoms with Gasteiger partial charge in [-0.15, -0.1) is 0 Å². The summed E-state index contributed by atoms with van der Waals surface area (Å²) in [5.74, 6) is -0.0174. The van der Waals surface area contributed by atoms with E-state index in [0.717, 1.165) is 11.1 Å². The Bertz CT molecular complexity index is 725. The summed E-state index contributed by atoms with van der Waals surface area (Å²) in [5.41, 5.74) is 1.21. The van der Waals surface area contributed by atoms with Crippen LogP contribution in [0.15, 0.2) is 24.3 Å². The number of sulfonamides is 1. The van der Waals surface area contributed by atoms with Gasteiger partial charge < -0.3 is 9.64 Å². The lowest BCUT2D eigenvalue weighted by molar-refractivity contribution is 0.0143. The van der Waals surface area contributed by atoms with E-state index in [9.17, 15) is 13.2 Å². The fourth-order valence-electron chi connectivity index (χ4n) is 2.90. The molecule has 0 unspecified atom stereocenters. The van der Waals surface area contributed by atoms with Gasteiger partial charge in [0.2, 0.25) is 10.0 Å². The molecule has 1 aliphatic heterocycles. The minimum absolute atomic E-state index is 0.0174. The lowest BCUT2D eigenvalue weighted by Crippen LogP contribution is -2.56. The van der Waals surface area contributed by atoms with E-state index in [2.05, 4.69) is 0 Å². The summed E-state index contributed by atoms with van der Waals surface area (Å²) in [6, 6.07) is 7.22. The second kappa shape index (κ2) is 7.33. The maximum absolute atomic E-state index is 12.8. The van der Waals surface area contributed by atoms with E-state index in [-0.39, 0.29) is 18.3 Å². The van der Waals surface area contributed by atoms with Crippen molar-refractivity contribution in [2.24, 2.45) is 0 Å². The Morgan fingerprint density at radius 2 is 1.88 bits per heavy atom. The van der Waals surface area contributed by atoms with E-state index in [1.54, 1.807) is 4.90 Å². The number of rotatable bonds is 3. The van der Waals surface area contributed by atoms with Crippen LogP contribution < -0.4 is 0 Å². The topological polar surface area (TPSA) is 66.9 Å². The van der Waals surface area contributed by atoms with Crippen LogP contribution in [-0.4, -0.2) is 55.0 Å². The zero-order valence-electron chi connectivity index (χ0n) is 15.7. The van der Waals surface area contributed by atoms with Crippen molar-refractivity contribution >= 4 is 16.1 Å². The van der Waals surface area contributed by atoms with Crippen LogP contribution >= 0.6 is 0 Å². The molecule has 0 aliphatic carbocycles. The van der Waals surface area contributed by atoms with E-state index < -0.39 is 21.7 Å². The summed E-state index contributed by atoms with van der Waals surface area (Å²) in [5, 5.41) is 0. The smallest absolute Gasteiger partial charge is 0.410 e. The highest BCUT2D eigenvalue weighted by atomic mass is 32.2. The predicted octanol–water partition coefficient (Wildman–Crippen LogP) is 2.77. The molecule has 1 aromatic rings. The van der Waals surface area contributed by atoms with Crippen LogP contribution in [0.25, 0.3) is 0 Å². The van der Waals surface area contributed by atoms with Gasteiger partial charge in [0.15, 0.2) is 0 Å². The van der Waals surface area contributed by atoms with Gasteiger partial charge in [0.1, 0.15) is 5.60 Å². The fraction of sp³-hybridized carbons (Fsp3) is 0.611. The third kappa shape index (κ3) is 5.19. The molecule has 1 saturated heterocycles. The summed E-state index contributed by atoms with van der Waals surface area (Å²) < 4.78 is 32.5. The summed E-state index contributed by atoms with van der Waals surface area (Å²) in [6.07, 6.45) is -0.393. The van der Waals surface area contributed by atoms with Crippen LogP contribution in [-0.2, 0) is 20.5 Å². The van der Waals surface area contributed by atoms with Gasteiger partial charge in [0.05, 0.1) is 5.75 Å². The Morgan fingerprint density at radius 3 is 2.44 bits per heavy atom. The number of ether oxygens (including phenoxy) is 1. The first-order chi connectivity index (χ1) is 11.5. The van der Waals surface area contributed by atoms with Crippen LogP contribution in [0, 0.1) is 6.92 Å². The number of hydrogen-bond donors (Lipinski definition) is 0. The average Bonchev–Trinajstić information content (AvgIpc) is 2.47. The highest BCUT2D eigenvalue weighted by Gasteiger charge is 2.35. The van der Waals surface area contributed by atoms with Crippen molar-refractivity contribution in [1.82, 2.24) is 9.21 Å². The quantitative estimate of drug-likeness (QED) is 0.823. The Kier molecular flexibility index (Phi) is 5.79. The van der Waals surface area contributed by atoms with Gasteiger partial charge in [-0.3, -0.25) is 0 Å². The normalized spacial score (nSPS) is 19.7. The number of nitrogens with zero attached hydrogens (tertiary/aromatic N) is 2. The number of amides is 1. The second-order valence-corrected chi connectivity index (χ2v) is 9.49. The third-order valence-electron chi connectivity index (χ3n) is 4.17. The molecule has 1 fully saturated rings. The highest BCUT2D eigenvalue weighted by Crippen LogP contribution is 2.21. The minimum atomic E-state index is -3.44. The molecule has 1 heterocycles. The van der Waals surface area contributed by atoms with Crippen LogP contribution in [0.3, 0.4) is 0 Å². The molecule has 0 aromatic heterocycles. The van der Waals surface area contributed by atoms with Crippen molar-refractivity contribution < 1.29 is 17.9 Å². The number of aryl methyl sites for hydroxylation is 1.